The average Bonchev–Trinajstić information content (AvgIpc) is 3.13. The van der Waals surface area contributed by atoms with Gasteiger partial charge in [-0.15, -0.1) is 0 Å². The number of ether oxygens (including phenoxy) is 4. The van der Waals surface area contributed by atoms with Crippen LogP contribution >= 0.6 is 0 Å². The Bertz CT molecular complexity index is 976. The van der Waals surface area contributed by atoms with Gasteiger partial charge in [-0.05, 0) is 24.3 Å². The van der Waals surface area contributed by atoms with Crippen molar-refractivity contribution in [1.82, 2.24) is 0 Å². The van der Waals surface area contributed by atoms with Crippen LogP contribution in [-0.2, 0) is 38.1 Å². The van der Waals surface area contributed by atoms with Crippen LogP contribution in [-0.4, -0.2) is 57.9 Å². The monoisotopic (exact) mass is 811 g/mol. The van der Waals surface area contributed by atoms with E-state index < -0.39 is 26.1 Å². The summed E-state index contributed by atoms with van der Waals surface area (Å²) >= 11 is 0. The maximum Gasteiger partial charge on any atom is 0.306 e. The molecule has 0 radical (unpaired) electrons. The van der Waals surface area contributed by atoms with E-state index in [1.807, 2.05) is 0 Å². The molecule has 56 heavy (non-hydrogen) atoms. The molecule has 9 heteroatoms. The molecule has 0 saturated carbocycles. The third-order valence-corrected chi connectivity index (χ3v) is 12.3. The van der Waals surface area contributed by atoms with Gasteiger partial charge >= 0.3 is 23.9 Å². The zero-order valence-electron chi connectivity index (χ0n) is 37.9. The van der Waals surface area contributed by atoms with E-state index >= 15 is 0 Å². The first-order valence-electron chi connectivity index (χ1n) is 23.4. The lowest BCUT2D eigenvalue weighted by molar-refractivity contribution is -0.167. The van der Waals surface area contributed by atoms with Crippen LogP contribution in [0.3, 0.4) is 0 Å². The third kappa shape index (κ3) is 38.9. The number of carbonyl (C=O) groups excluding carboxylic acids is 4. The molecule has 0 saturated heterocycles. The molecule has 1 unspecified atom stereocenters. The number of carbonyl (C=O) groups is 4. The molecule has 0 heterocycles. The number of hydrogen-bond donors (Lipinski definition) is 0. The molecule has 330 valence electrons. The number of rotatable bonds is 40. The molecule has 0 rings (SSSR count). The Balaban J connectivity index is 4.55. The summed E-state index contributed by atoms with van der Waals surface area (Å²) in [5, 5.41) is 0. The van der Waals surface area contributed by atoms with Crippen LogP contribution in [0.4, 0.5) is 0 Å². The molecule has 0 bridgehead atoms. The van der Waals surface area contributed by atoms with Gasteiger partial charge < -0.3 is 18.9 Å². The van der Waals surface area contributed by atoms with Gasteiger partial charge in [0.25, 0.3) is 0 Å². The molecule has 1 atom stereocenters. The van der Waals surface area contributed by atoms with Gasteiger partial charge in [0.05, 0.1) is 19.4 Å². The van der Waals surface area contributed by atoms with Crippen molar-refractivity contribution in [3.8, 4) is 0 Å². The summed E-state index contributed by atoms with van der Waals surface area (Å²) in [6.07, 6.45) is 31.4. The minimum absolute atomic E-state index is 0.0839. The lowest BCUT2D eigenvalue weighted by atomic mass is 9.98. The highest BCUT2D eigenvalue weighted by Crippen LogP contribution is 2.29. The Morgan fingerprint density at radius 2 is 0.732 bits per heavy atom. The van der Waals surface area contributed by atoms with Crippen molar-refractivity contribution in [2.24, 2.45) is 5.41 Å². The Morgan fingerprint density at radius 3 is 1.09 bits per heavy atom. The molecule has 0 amide bonds. The van der Waals surface area contributed by atoms with Crippen LogP contribution in [0.25, 0.3) is 0 Å². The van der Waals surface area contributed by atoms with Crippen molar-refractivity contribution in [2.45, 2.75) is 252 Å². The normalized spacial score (nSPS) is 12.3. The summed E-state index contributed by atoms with van der Waals surface area (Å²) in [5.74, 6) is -1.74. The maximum absolute atomic E-state index is 12.7. The van der Waals surface area contributed by atoms with E-state index in [1.54, 1.807) is 0 Å². The summed E-state index contributed by atoms with van der Waals surface area (Å²) < 4.78 is 22.0. The van der Waals surface area contributed by atoms with Gasteiger partial charge in [0.2, 0.25) is 0 Å². The first-order valence-corrected chi connectivity index (χ1v) is 27.1. The average molecular weight is 811 g/mol. The van der Waals surface area contributed by atoms with Crippen LogP contribution < -0.4 is 0 Å². The van der Waals surface area contributed by atoms with Crippen LogP contribution in [0.15, 0.2) is 0 Å². The van der Waals surface area contributed by atoms with Gasteiger partial charge in [-0.1, -0.05) is 201 Å². The number of esters is 4. The zero-order chi connectivity index (χ0) is 41.8. The minimum atomic E-state index is -1.33. The molecule has 0 aromatic rings. The number of hydrogen-bond acceptors (Lipinski definition) is 8. The highest BCUT2D eigenvalue weighted by molar-refractivity contribution is 6.76. The van der Waals surface area contributed by atoms with Gasteiger partial charge in [-0.2, -0.15) is 0 Å². The standard InChI is InChI=1S/C47H90O8Si/c1-8-10-12-14-16-18-20-22-24-26-28-30-32-34-43(48)52-38-42(39-53-44(49)36-37-45(50)54-40-47(3,4)41-56(5,6)7)55-46(51)35-33-31-29-27-25-23-21-19-17-15-13-11-9-2/h42H,8-41H2,1-7H3. The van der Waals surface area contributed by atoms with E-state index in [0.29, 0.717) is 13.0 Å². The zero-order valence-corrected chi connectivity index (χ0v) is 38.9. The van der Waals surface area contributed by atoms with Crippen LogP contribution in [0.2, 0.25) is 25.7 Å². The topological polar surface area (TPSA) is 105 Å². The largest absolute Gasteiger partial charge is 0.465 e. The molecule has 0 N–H and O–H groups in total. The van der Waals surface area contributed by atoms with E-state index in [9.17, 15) is 19.2 Å². The van der Waals surface area contributed by atoms with Crippen molar-refractivity contribution in [3.63, 3.8) is 0 Å². The molecule has 0 fully saturated rings. The summed E-state index contributed by atoms with van der Waals surface area (Å²) in [6.45, 7) is 15.5. The Hall–Kier alpha value is -1.90. The Kier molecular flexibility index (Phi) is 35.0. The Labute approximate surface area is 346 Å². The van der Waals surface area contributed by atoms with E-state index in [0.717, 1.165) is 44.6 Å². The molecular formula is C47H90O8Si. The van der Waals surface area contributed by atoms with Gasteiger partial charge in [-0.25, -0.2) is 0 Å². The highest BCUT2D eigenvalue weighted by atomic mass is 28.3. The molecule has 0 spiro atoms. The lowest BCUT2D eigenvalue weighted by Crippen LogP contribution is -2.32. The van der Waals surface area contributed by atoms with Crippen LogP contribution in [0.5, 0.6) is 0 Å². The Morgan fingerprint density at radius 1 is 0.429 bits per heavy atom. The second-order valence-corrected chi connectivity index (χ2v) is 24.0. The quantitative estimate of drug-likeness (QED) is 0.0261. The van der Waals surface area contributed by atoms with Crippen molar-refractivity contribution < 1.29 is 38.1 Å². The van der Waals surface area contributed by atoms with Gasteiger partial charge in [-0.3, -0.25) is 19.2 Å². The fourth-order valence-corrected chi connectivity index (χ4v) is 10.5. The molecule has 0 aliphatic carbocycles. The first kappa shape index (κ1) is 54.1. The minimum Gasteiger partial charge on any atom is -0.465 e. The van der Waals surface area contributed by atoms with E-state index in [4.69, 9.17) is 18.9 Å². The molecule has 0 aromatic heterocycles. The first-order chi connectivity index (χ1) is 26.8. The third-order valence-electron chi connectivity index (χ3n) is 10.3. The fourth-order valence-electron chi connectivity index (χ4n) is 7.49. The van der Waals surface area contributed by atoms with Gasteiger partial charge in [0, 0.05) is 20.9 Å². The second-order valence-electron chi connectivity index (χ2n) is 18.5. The van der Waals surface area contributed by atoms with Crippen molar-refractivity contribution >= 4 is 32.0 Å². The van der Waals surface area contributed by atoms with E-state index in [1.165, 1.54) is 128 Å². The maximum atomic E-state index is 12.7. The highest BCUT2D eigenvalue weighted by Gasteiger charge is 2.28. The van der Waals surface area contributed by atoms with E-state index in [2.05, 4.69) is 47.3 Å². The SMILES string of the molecule is CCCCCCCCCCCCCCCC(=O)OCC(COC(=O)CCC(=O)OCC(C)(C)C[Si](C)(C)C)OC(=O)CCCCCCCCCCCCCCC. The fraction of sp³-hybridized carbons (Fsp3) is 0.915. The second kappa shape index (κ2) is 36.2. The van der Waals surface area contributed by atoms with Crippen molar-refractivity contribution in [1.29, 1.82) is 0 Å². The van der Waals surface area contributed by atoms with E-state index in [-0.39, 0.29) is 49.8 Å². The molecular weight excluding hydrogens is 721 g/mol. The van der Waals surface area contributed by atoms with Crippen molar-refractivity contribution in [3.05, 3.63) is 0 Å². The van der Waals surface area contributed by atoms with Gasteiger partial charge in [0.15, 0.2) is 6.10 Å². The molecule has 0 aliphatic heterocycles. The van der Waals surface area contributed by atoms with Crippen LogP contribution in [0.1, 0.15) is 220 Å². The predicted molar refractivity (Wildman–Crippen MR) is 235 cm³/mol. The summed E-state index contributed by atoms with van der Waals surface area (Å²) in [5.41, 5.74) is -0.116. The predicted octanol–water partition coefficient (Wildman–Crippen LogP) is 13.6. The molecule has 0 aliphatic rings. The van der Waals surface area contributed by atoms with Crippen molar-refractivity contribution in [2.75, 3.05) is 19.8 Å². The lowest BCUT2D eigenvalue weighted by Gasteiger charge is -2.30. The van der Waals surface area contributed by atoms with Crippen LogP contribution in [0, 0.1) is 5.41 Å². The smallest absolute Gasteiger partial charge is 0.306 e. The summed E-state index contributed by atoms with van der Waals surface area (Å²) in [7, 11) is -1.33. The number of unbranched alkanes of at least 4 members (excludes halogenated alkanes) is 24. The summed E-state index contributed by atoms with van der Waals surface area (Å²) in [6, 6.07) is 1.03. The van der Waals surface area contributed by atoms with Gasteiger partial charge in [0.1, 0.15) is 13.2 Å². The molecule has 8 nitrogen and oxygen atoms in total. The summed E-state index contributed by atoms with van der Waals surface area (Å²) in [4.78, 5) is 50.2. The molecule has 0 aromatic carbocycles.